The SMILES string of the molecule is CN1CCCC1CNC1CCOC2(CCSC2)C1. The van der Waals surface area contributed by atoms with Crippen molar-refractivity contribution in [3.8, 4) is 0 Å². The minimum absolute atomic E-state index is 0.224. The molecule has 0 radical (unpaired) electrons. The van der Waals surface area contributed by atoms with Gasteiger partial charge in [-0.1, -0.05) is 0 Å². The fourth-order valence-electron chi connectivity index (χ4n) is 3.61. The third-order valence-corrected chi connectivity index (χ3v) is 6.10. The van der Waals surface area contributed by atoms with Crippen LogP contribution in [0.3, 0.4) is 0 Å². The van der Waals surface area contributed by atoms with Gasteiger partial charge < -0.3 is 15.0 Å². The molecule has 4 heteroatoms. The molecule has 0 saturated carbocycles. The van der Waals surface area contributed by atoms with Gasteiger partial charge in [0.15, 0.2) is 0 Å². The lowest BCUT2D eigenvalue weighted by molar-refractivity contribution is -0.0704. The third-order valence-electron chi connectivity index (χ3n) is 4.87. The maximum absolute atomic E-state index is 6.08. The van der Waals surface area contributed by atoms with Gasteiger partial charge in [-0.15, -0.1) is 0 Å². The van der Waals surface area contributed by atoms with E-state index in [2.05, 4.69) is 29.0 Å². The zero-order chi connectivity index (χ0) is 12.4. The summed E-state index contributed by atoms with van der Waals surface area (Å²) in [6, 6.07) is 1.45. The normalized spacial score (nSPS) is 41.8. The topological polar surface area (TPSA) is 24.5 Å². The Hall–Kier alpha value is 0.230. The van der Waals surface area contributed by atoms with E-state index in [0.717, 1.165) is 12.6 Å². The molecule has 18 heavy (non-hydrogen) atoms. The van der Waals surface area contributed by atoms with Crippen molar-refractivity contribution in [1.29, 1.82) is 0 Å². The van der Waals surface area contributed by atoms with Crippen LogP contribution in [0.2, 0.25) is 0 Å². The lowest BCUT2D eigenvalue weighted by Gasteiger charge is -2.38. The molecular formula is C14H26N2OS. The summed E-state index contributed by atoms with van der Waals surface area (Å²) >= 11 is 2.06. The Bertz CT molecular complexity index is 281. The van der Waals surface area contributed by atoms with Crippen molar-refractivity contribution in [2.75, 3.05) is 38.2 Å². The molecule has 0 amide bonds. The van der Waals surface area contributed by atoms with Gasteiger partial charge in [0.05, 0.1) is 5.60 Å². The number of likely N-dealkylation sites (tertiary alicyclic amines) is 1. The molecule has 3 fully saturated rings. The van der Waals surface area contributed by atoms with Crippen LogP contribution in [0.1, 0.15) is 32.1 Å². The predicted molar refractivity (Wildman–Crippen MR) is 77.3 cm³/mol. The summed E-state index contributed by atoms with van der Waals surface area (Å²) in [5, 5.41) is 3.81. The Labute approximate surface area is 115 Å². The number of likely N-dealkylation sites (N-methyl/N-ethyl adjacent to an activating group) is 1. The molecular weight excluding hydrogens is 244 g/mol. The van der Waals surface area contributed by atoms with E-state index in [1.165, 1.54) is 56.7 Å². The quantitative estimate of drug-likeness (QED) is 0.844. The molecule has 3 heterocycles. The van der Waals surface area contributed by atoms with E-state index in [1.54, 1.807) is 0 Å². The van der Waals surface area contributed by atoms with Gasteiger partial charge in [-0.2, -0.15) is 11.8 Å². The number of hydrogen-bond donors (Lipinski definition) is 1. The van der Waals surface area contributed by atoms with E-state index in [4.69, 9.17) is 4.74 Å². The first-order valence-corrected chi connectivity index (χ1v) is 8.58. The second kappa shape index (κ2) is 5.70. The van der Waals surface area contributed by atoms with Crippen molar-refractivity contribution < 1.29 is 4.74 Å². The first-order valence-electron chi connectivity index (χ1n) is 7.43. The standard InChI is InChI=1S/C14H26N2OS/c1-16-6-2-3-13(16)10-15-12-4-7-17-14(9-12)5-8-18-11-14/h12-13,15H,2-11H2,1H3. The van der Waals surface area contributed by atoms with Crippen molar-refractivity contribution in [1.82, 2.24) is 10.2 Å². The Morgan fingerprint density at radius 1 is 1.44 bits per heavy atom. The summed E-state index contributed by atoms with van der Waals surface area (Å²) < 4.78 is 6.08. The fourth-order valence-corrected chi connectivity index (χ4v) is 4.98. The van der Waals surface area contributed by atoms with E-state index in [0.29, 0.717) is 6.04 Å². The zero-order valence-electron chi connectivity index (χ0n) is 11.5. The van der Waals surface area contributed by atoms with Crippen LogP contribution in [-0.2, 0) is 4.74 Å². The second-order valence-corrected chi connectivity index (χ2v) is 7.31. The average molecular weight is 270 g/mol. The Morgan fingerprint density at radius 3 is 3.11 bits per heavy atom. The van der Waals surface area contributed by atoms with Crippen LogP contribution in [0, 0.1) is 0 Å². The summed E-state index contributed by atoms with van der Waals surface area (Å²) in [7, 11) is 2.26. The highest BCUT2D eigenvalue weighted by atomic mass is 32.2. The highest BCUT2D eigenvalue weighted by Gasteiger charge is 2.40. The fraction of sp³-hybridized carbons (Fsp3) is 1.00. The molecule has 3 rings (SSSR count). The number of ether oxygens (including phenoxy) is 1. The minimum atomic E-state index is 0.224. The molecule has 0 bridgehead atoms. The van der Waals surface area contributed by atoms with Crippen LogP contribution in [0.5, 0.6) is 0 Å². The summed E-state index contributed by atoms with van der Waals surface area (Å²) in [5.74, 6) is 2.51. The van der Waals surface area contributed by atoms with Crippen molar-refractivity contribution in [3.05, 3.63) is 0 Å². The largest absolute Gasteiger partial charge is 0.374 e. The van der Waals surface area contributed by atoms with E-state index in [9.17, 15) is 0 Å². The molecule has 0 aromatic rings. The smallest absolute Gasteiger partial charge is 0.0795 e. The van der Waals surface area contributed by atoms with Crippen molar-refractivity contribution in [2.24, 2.45) is 0 Å². The highest BCUT2D eigenvalue weighted by Crippen LogP contribution is 2.38. The maximum Gasteiger partial charge on any atom is 0.0795 e. The zero-order valence-corrected chi connectivity index (χ0v) is 12.3. The molecule has 0 aromatic carbocycles. The van der Waals surface area contributed by atoms with Gasteiger partial charge in [0.2, 0.25) is 0 Å². The molecule has 0 aliphatic carbocycles. The van der Waals surface area contributed by atoms with Gasteiger partial charge >= 0.3 is 0 Å². The second-order valence-electron chi connectivity index (χ2n) is 6.21. The molecule has 3 saturated heterocycles. The first-order chi connectivity index (χ1) is 8.77. The molecule has 3 unspecified atom stereocenters. The molecule has 3 atom stereocenters. The number of nitrogens with zero attached hydrogens (tertiary/aromatic N) is 1. The van der Waals surface area contributed by atoms with Crippen LogP contribution < -0.4 is 5.32 Å². The van der Waals surface area contributed by atoms with Crippen molar-refractivity contribution >= 4 is 11.8 Å². The van der Waals surface area contributed by atoms with Crippen LogP contribution in [0.4, 0.5) is 0 Å². The first kappa shape index (κ1) is 13.2. The summed E-state index contributed by atoms with van der Waals surface area (Å²) in [5.41, 5.74) is 0.224. The Balaban J connectivity index is 1.47. The number of thioether (sulfide) groups is 1. The van der Waals surface area contributed by atoms with Gasteiger partial charge in [-0.05, 0) is 51.4 Å². The van der Waals surface area contributed by atoms with E-state index in [1.807, 2.05) is 0 Å². The molecule has 0 aromatic heterocycles. The van der Waals surface area contributed by atoms with Gasteiger partial charge in [0.25, 0.3) is 0 Å². The average Bonchev–Trinajstić information content (AvgIpc) is 2.97. The van der Waals surface area contributed by atoms with Crippen LogP contribution in [0.25, 0.3) is 0 Å². The molecule has 3 aliphatic rings. The van der Waals surface area contributed by atoms with Gasteiger partial charge in [-0.3, -0.25) is 0 Å². The lowest BCUT2D eigenvalue weighted by Crippen LogP contribution is -2.49. The summed E-state index contributed by atoms with van der Waals surface area (Å²) in [6.07, 6.45) is 6.43. The Morgan fingerprint density at radius 2 is 2.39 bits per heavy atom. The number of hydrogen-bond acceptors (Lipinski definition) is 4. The number of nitrogens with one attached hydrogen (secondary N) is 1. The Kier molecular flexibility index (Phi) is 4.18. The molecule has 1 N–H and O–H groups in total. The highest BCUT2D eigenvalue weighted by molar-refractivity contribution is 7.99. The molecule has 3 aliphatic heterocycles. The summed E-state index contributed by atoms with van der Waals surface area (Å²) in [6.45, 7) is 3.41. The maximum atomic E-state index is 6.08. The van der Waals surface area contributed by atoms with E-state index >= 15 is 0 Å². The van der Waals surface area contributed by atoms with Gasteiger partial charge in [-0.25, -0.2) is 0 Å². The van der Waals surface area contributed by atoms with Gasteiger partial charge in [0.1, 0.15) is 0 Å². The van der Waals surface area contributed by atoms with Crippen molar-refractivity contribution in [3.63, 3.8) is 0 Å². The third kappa shape index (κ3) is 2.87. The van der Waals surface area contributed by atoms with Crippen LogP contribution in [0.15, 0.2) is 0 Å². The molecule has 3 nitrogen and oxygen atoms in total. The van der Waals surface area contributed by atoms with Gasteiger partial charge in [0, 0.05) is 31.0 Å². The lowest BCUT2D eigenvalue weighted by atomic mass is 9.90. The number of rotatable bonds is 3. The molecule has 1 spiro atoms. The van der Waals surface area contributed by atoms with E-state index < -0.39 is 0 Å². The molecule has 104 valence electrons. The van der Waals surface area contributed by atoms with Crippen LogP contribution >= 0.6 is 11.8 Å². The van der Waals surface area contributed by atoms with Crippen molar-refractivity contribution in [2.45, 2.75) is 49.8 Å². The van der Waals surface area contributed by atoms with Crippen LogP contribution in [-0.4, -0.2) is 60.8 Å². The monoisotopic (exact) mass is 270 g/mol. The minimum Gasteiger partial charge on any atom is -0.374 e. The van der Waals surface area contributed by atoms with E-state index in [-0.39, 0.29) is 5.60 Å². The summed E-state index contributed by atoms with van der Waals surface area (Å²) in [4.78, 5) is 2.51. The predicted octanol–water partition coefficient (Wildman–Crippen LogP) is 1.72.